The van der Waals surface area contributed by atoms with Gasteiger partial charge in [-0.3, -0.25) is 4.90 Å². The summed E-state index contributed by atoms with van der Waals surface area (Å²) in [6, 6.07) is 14.9. The summed E-state index contributed by atoms with van der Waals surface area (Å²) in [5.74, 6) is 1.49. The van der Waals surface area contributed by atoms with Crippen molar-refractivity contribution in [1.29, 1.82) is 0 Å². The summed E-state index contributed by atoms with van der Waals surface area (Å²) in [6.07, 6.45) is 7.14. The SMILES string of the molecule is COc1nc2c(N3CC4CCC(C3)N4)nc(OCC34CCCN3CCC4)nc2cc1-c1cc(O)cc2ccccc12. The van der Waals surface area contributed by atoms with Crippen molar-refractivity contribution < 1.29 is 14.6 Å². The van der Waals surface area contributed by atoms with Gasteiger partial charge in [0.25, 0.3) is 0 Å². The molecule has 41 heavy (non-hydrogen) atoms. The molecule has 0 saturated carbocycles. The summed E-state index contributed by atoms with van der Waals surface area (Å²) >= 11 is 0. The molecule has 0 amide bonds. The number of rotatable bonds is 6. The first-order valence-corrected chi connectivity index (χ1v) is 15.0. The third-order valence-electron chi connectivity index (χ3n) is 9.72. The van der Waals surface area contributed by atoms with Crippen molar-refractivity contribution >= 4 is 27.6 Å². The molecule has 8 rings (SSSR count). The van der Waals surface area contributed by atoms with Crippen LogP contribution >= 0.6 is 0 Å². The highest BCUT2D eigenvalue weighted by molar-refractivity contribution is 6.01. The average Bonchev–Trinajstić information content (AvgIpc) is 3.68. The molecule has 2 aromatic carbocycles. The Morgan fingerprint density at radius 2 is 1.76 bits per heavy atom. The summed E-state index contributed by atoms with van der Waals surface area (Å²) in [5, 5.41) is 16.3. The van der Waals surface area contributed by atoms with Crippen molar-refractivity contribution in [3.63, 3.8) is 0 Å². The van der Waals surface area contributed by atoms with Gasteiger partial charge in [0.1, 0.15) is 17.9 Å². The standard InChI is InChI=1S/C32H36N6O3/c1-40-30-26(25-15-23(39)14-20-6-2-3-7-24(20)25)16-27-28(35-30)29(37-17-21-8-9-22(18-37)33-21)36-31(34-27)41-19-32-10-4-12-38(32)13-5-11-32/h2-3,6-7,14-16,21-22,33,39H,4-5,8-13,17-19H2,1H3. The maximum atomic E-state index is 10.6. The lowest BCUT2D eigenvalue weighted by atomic mass is 9.95. The Morgan fingerprint density at radius 1 is 0.976 bits per heavy atom. The van der Waals surface area contributed by atoms with Crippen LogP contribution in [0.1, 0.15) is 38.5 Å². The van der Waals surface area contributed by atoms with Gasteiger partial charge >= 0.3 is 6.01 Å². The smallest absolute Gasteiger partial charge is 0.319 e. The van der Waals surface area contributed by atoms with E-state index in [1.165, 1.54) is 38.5 Å². The van der Waals surface area contributed by atoms with Gasteiger partial charge in [-0.25, -0.2) is 4.98 Å². The highest BCUT2D eigenvalue weighted by atomic mass is 16.5. The van der Waals surface area contributed by atoms with Crippen LogP contribution in [-0.4, -0.2) is 82.5 Å². The van der Waals surface area contributed by atoms with E-state index in [2.05, 4.69) is 21.2 Å². The molecule has 2 unspecified atom stereocenters. The van der Waals surface area contributed by atoms with E-state index in [0.717, 1.165) is 53.9 Å². The second-order valence-electron chi connectivity index (χ2n) is 12.2. The molecule has 2 N–H and O–H groups in total. The highest BCUT2D eigenvalue weighted by Gasteiger charge is 2.45. The van der Waals surface area contributed by atoms with Gasteiger partial charge in [0.05, 0.1) is 18.2 Å². The number of ether oxygens (including phenoxy) is 2. The summed E-state index contributed by atoms with van der Waals surface area (Å²) in [7, 11) is 1.64. The van der Waals surface area contributed by atoms with Gasteiger partial charge in [0.2, 0.25) is 5.88 Å². The normalized spacial score (nSPS) is 23.4. The summed E-state index contributed by atoms with van der Waals surface area (Å²) in [4.78, 5) is 19.9. The average molecular weight is 553 g/mol. The fourth-order valence-electron chi connectivity index (χ4n) is 7.79. The number of phenols is 1. The number of fused-ring (bicyclic) bond motifs is 5. The Hall–Kier alpha value is -3.69. The van der Waals surface area contributed by atoms with Crippen molar-refractivity contribution in [1.82, 2.24) is 25.2 Å². The monoisotopic (exact) mass is 552 g/mol. The number of nitrogens with zero attached hydrogens (tertiary/aromatic N) is 5. The van der Waals surface area contributed by atoms with Gasteiger partial charge in [-0.1, -0.05) is 24.3 Å². The molecule has 4 aliphatic heterocycles. The topological polar surface area (TPSA) is 95.9 Å². The number of phenolic OH excluding ortho intramolecular Hbond substituents is 1. The summed E-state index contributed by atoms with van der Waals surface area (Å²) < 4.78 is 12.4. The fraction of sp³-hybridized carbons (Fsp3) is 0.469. The van der Waals surface area contributed by atoms with E-state index in [9.17, 15) is 5.11 Å². The third-order valence-corrected chi connectivity index (χ3v) is 9.72. The molecule has 4 fully saturated rings. The van der Waals surface area contributed by atoms with E-state index in [-0.39, 0.29) is 11.3 Å². The highest BCUT2D eigenvalue weighted by Crippen LogP contribution is 2.41. The minimum Gasteiger partial charge on any atom is -0.508 e. The number of aromatic hydroxyl groups is 1. The van der Waals surface area contributed by atoms with Gasteiger partial charge in [0.15, 0.2) is 5.82 Å². The third kappa shape index (κ3) is 4.25. The molecule has 4 aromatic rings. The van der Waals surface area contributed by atoms with Crippen LogP contribution in [0.3, 0.4) is 0 Å². The van der Waals surface area contributed by atoms with E-state index in [4.69, 9.17) is 24.4 Å². The van der Waals surface area contributed by atoms with Crippen molar-refractivity contribution in [2.24, 2.45) is 0 Å². The molecule has 212 valence electrons. The van der Waals surface area contributed by atoms with Crippen LogP contribution in [0.4, 0.5) is 5.82 Å². The molecule has 2 bridgehead atoms. The number of nitrogens with one attached hydrogen (secondary N) is 1. The largest absolute Gasteiger partial charge is 0.508 e. The first-order chi connectivity index (χ1) is 20.1. The van der Waals surface area contributed by atoms with Crippen molar-refractivity contribution in [3.05, 3.63) is 42.5 Å². The Bertz CT molecular complexity index is 1620. The van der Waals surface area contributed by atoms with Crippen LogP contribution in [0.2, 0.25) is 0 Å². The molecular formula is C32H36N6O3. The number of hydrogen-bond donors (Lipinski definition) is 2. The zero-order chi connectivity index (χ0) is 27.6. The maximum Gasteiger partial charge on any atom is 0.319 e. The fourth-order valence-corrected chi connectivity index (χ4v) is 7.79. The Morgan fingerprint density at radius 3 is 2.54 bits per heavy atom. The molecule has 6 heterocycles. The lowest BCUT2D eigenvalue weighted by molar-refractivity contribution is 0.108. The summed E-state index contributed by atoms with van der Waals surface area (Å²) in [5.41, 5.74) is 3.16. The maximum absolute atomic E-state index is 10.6. The van der Waals surface area contributed by atoms with Crippen LogP contribution in [0.25, 0.3) is 32.9 Å². The number of hydrogen-bond acceptors (Lipinski definition) is 9. The first kappa shape index (κ1) is 25.1. The Kier molecular flexibility index (Phi) is 5.93. The molecule has 2 atom stereocenters. The van der Waals surface area contributed by atoms with E-state index < -0.39 is 0 Å². The molecule has 9 heteroatoms. The molecule has 0 spiro atoms. The number of aromatic nitrogens is 3. The first-order valence-electron chi connectivity index (χ1n) is 15.0. The molecule has 0 radical (unpaired) electrons. The Labute approximate surface area is 239 Å². The predicted molar refractivity (Wildman–Crippen MR) is 159 cm³/mol. The second-order valence-corrected chi connectivity index (χ2v) is 12.2. The minimum absolute atomic E-state index is 0.108. The minimum atomic E-state index is 0.108. The zero-order valence-corrected chi connectivity index (χ0v) is 23.5. The van der Waals surface area contributed by atoms with Gasteiger partial charge in [0, 0.05) is 30.7 Å². The van der Waals surface area contributed by atoms with E-state index in [1.54, 1.807) is 19.2 Å². The number of methoxy groups -OCH3 is 1. The van der Waals surface area contributed by atoms with Crippen molar-refractivity contribution in [2.45, 2.75) is 56.1 Å². The number of anilines is 1. The number of benzene rings is 2. The zero-order valence-electron chi connectivity index (χ0n) is 23.5. The molecular weight excluding hydrogens is 516 g/mol. The lowest BCUT2D eigenvalue weighted by Gasteiger charge is -2.34. The lowest BCUT2D eigenvalue weighted by Crippen LogP contribution is -2.51. The van der Waals surface area contributed by atoms with Crippen LogP contribution < -0.4 is 19.7 Å². The predicted octanol–water partition coefficient (Wildman–Crippen LogP) is 4.51. The molecule has 4 saturated heterocycles. The van der Waals surface area contributed by atoms with Crippen LogP contribution in [0, 0.1) is 0 Å². The van der Waals surface area contributed by atoms with Crippen LogP contribution in [0.15, 0.2) is 42.5 Å². The molecule has 2 aromatic heterocycles. The van der Waals surface area contributed by atoms with Gasteiger partial charge < -0.3 is 24.8 Å². The van der Waals surface area contributed by atoms with Crippen molar-refractivity contribution in [3.8, 4) is 28.8 Å². The Balaban J connectivity index is 1.26. The number of pyridine rings is 1. The molecule has 4 aliphatic rings. The van der Waals surface area contributed by atoms with E-state index in [0.29, 0.717) is 41.6 Å². The van der Waals surface area contributed by atoms with Crippen molar-refractivity contribution in [2.75, 3.05) is 44.8 Å². The van der Waals surface area contributed by atoms with Crippen LogP contribution in [0.5, 0.6) is 17.6 Å². The van der Waals surface area contributed by atoms with Gasteiger partial charge in [-0.2, -0.15) is 9.97 Å². The van der Waals surface area contributed by atoms with E-state index >= 15 is 0 Å². The number of piperazine rings is 1. The van der Waals surface area contributed by atoms with Gasteiger partial charge in [-0.15, -0.1) is 0 Å². The van der Waals surface area contributed by atoms with E-state index in [1.807, 2.05) is 24.3 Å². The van der Waals surface area contributed by atoms with Gasteiger partial charge in [-0.05, 0) is 86.1 Å². The summed E-state index contributed by atoms with van der Waals surface area (Å²) in [6.45, 7) is 4.67. The molecule has 9 nitrogen and oxygen atoms in total. The molecule has 0 aliphatic carbocycles. The van der Waals surface area contributed by atoms with Crippen LogP contribution in [-0.2, 0) is 0 Å². The quantitative estimate of drug-likeness (QED) is 0.358. The second kappa shape index (κ2) is 9.70.